The fourth-order valence-corrected chi connectivity index (χ4v) is 19.6. The van der Waals surface area contributed by atoms with Gasteiger partial charge in [-0.05, 0) is 215 Å². The second kappa shape index (κ2) is 26.7. The predicted molar refractivity (Wildman–Crippen MR) is 501 cm³/mol. The highest BCUT2D eigenvalue weighted by Crippen LogP contribution is 2.46. The number of nitrogens with zero attached hydrogens (tertiary/aromatic N) is 8. The van der Waals surface area contributed by atoms with Crippen LogP contribution in [-0.2, 0) is 0 Å². The molecular weight excluding hydrogens is 1460 g/mol. The van der Waals surface area contributed by atoms with Gasteiger partial charge in [0, 0.05) is 115 Å². The van der Waals surface area contributed by atoms with Crippen molar-refractivity contribution >= 4 is 131 Å². The Kier molecular flexibility index (Phi) is 15.0. The molecule has 0 fully saturated rings. The lowest BCUT2D eigenvalue weighted by atomic mass is 10.0. The molecule has 8 nitrogen and oxygen atoms in total. The number of rotatable bonds is 12. The van der Waals surface area contributed by atoms with E-state index >= 15 is 0 Å². The van der Waals surface area contributed by atoms with E-state index in [1.165, 1.54) is 81.8 Å². The van der Waals surface area contributed by atoms with Crippen LogP contribution in [0, 0.1) is 0 Å². The summed E-state index contributed by atoms with van der Waals surface area (Å²) in [6, 6.07) is 156. The summed E-state index contributed by atoms with van der Waals surface area (Å²) in [5.74, 6) is 0.632. The highest BCUT2D eigenvalue weighted by molar-refractivity contribution is 6.17. The van der Waals surface area contributed by atoms with Gasteiger partial charge in [0.05, 0.1) is 77.6 Å². The zero-order chi connectivity index (χ0) is 78.6. The van der Waals surface area contributed by atoms with Crippen LogP contribution in [0.15, 0.2) is 425 Å². The molecule has 0 unspecified atom stereocenters. The molecule has 25 rings (SSSR count). The number of para-hydroxylation sites is 9. The van der Waals surface area contributed by atoms with Gasteiger partial charge in [-0.15, -0.1) is 0 Å². The fourth-order valence-electron chi connectivity index (χ4n) is 19.6. The van der Waals surface area contributed by atoms with Gasteiger partial charge in [-0.1, -0.05) is 243 Å². The quantitative estimate of drug-likeness (QED) is 0.122. The van der Waals surface area contributed by atoms with Crippen LogP contribution < -0.4 is 0 Å². The van der Waals surface area contributed by atoms with Crippen LogP contribution in [0.2, 0.25) is 0 Å². The Labute approximate surface area is 689 Å². The molecule has 0 aliphatic carbocycles. The minimum absolute atomic E-state index is 0.632. The molecule has 0 amide bonds. The van der Waals surface area contributed by atoms with Crippen LogP contribution in [0.25, 0.3) is 232 Å². The van der Waals surface area contributed by atoms with E-state index in [2.05, 4.69) is 452 Å². The van der Waals surface area contributed by atoms with Crippen molar-refractivity contribution in [1.82, 2.24) is 37.4 Å². The van der Waals surface area contributed by atoms with Crippen LogP contribution in [-0.4, -0.2) is 37.4 Å². The summed E-state index contributed by atoms with van der Waals surface area (Å²) in [6.07, 6.45) is 0. The van der Waals surface area contributed by atoms with Gasteiger partial charge >= 0.3 is 0 Å². The maximum atomic E-state index is 5.70. The molecule has 0 saturated heterocycles. The van der Waals surface area contributed by atoms with Crippen molar-refractivity contribution in [3.05, 3.63) is 425 Å². The molecule has 8 heteroatoms. The van der Waals surface area contributed by atoms with E-state index in [1.807, 2.05) is 0 Å². The maximum Gasteiger partial charge on any atom is 0.160 e. The number of aromatic nitrogens is 8. The normalized spacial score (nSPS) is 12.0. The Balaban J connectivity index is 0.664. The molecule has 0 bridgehead atoms. The summed E-state index contributed by atoms with van der Waals surface area (Å²) in [4.78, 5) is 11.3. The smallest absolute Gasteiger partial charge is 0.160 e. The molecule has 7 aromatic heterocycles. The molecule has 25 aromatic rings. The Morgan fingerprint density at radius 3 is 0.658 bits per heavy atom. The monoisotopic (exact) mass is 1530 g/mol. The van der Waals surface area contributed by atoms with E-state index in [0.717, 1.165) is 145 Å². The molecule has 0 aliphatic heterocycles. The Bertz CT molecular complexity index is 8230. The van der Waals surface area contributed by atoms with Crippen LogP contribution >= 0.6 is 0 Å². The molecule has 0 aliphatic rings. The molecule has 558 valence electrons. The summed E-state index contributed by atoms with van der Waals surface area (Å²) >= 11 is 0. The second-order valence-corrected chi connectivity index (χ2v) is 31.6. The first-order chi connectivity index (χ1) is 59.5. The fraction of sp³-hybridized carbons (Fsp3) is 0. The van der Waals surface area contributed by atoms with E-state index in [4.69, 9.17) is 9.97 Å². The number of hydrogen-bond acceptors (Lipinski definition) is 2. The molecule has 0 atom stereocenters. The van der Waals surface area contributed by atoms with Gasteiger partial charge < -0.3 is 27.4 Å². The summed E-state index contributed by atoms with van der Waals surface area (Å²) in [7, 11) is 0. The lowest BCUT2D eigenvalue weighted by Crippen LogP contribution is -2.02. The summed E-state index contributed by atoms with van der Waals surface area (Å²) < 4.78 is 14.5. The minimum atomic E-state index is 0.632. The lowest BCUT2D eigenvalue weighted by Gasteiger charge is -2.17. The topological polar surface area (TPSA) is 55.4 Å². The molecular formula is C112H70N8. The van der Waals surface area contributed by atoms with Crippen molar-refractivity contribution in [2.75, 3.05) is 0 Å². The van der Waals surface area contributed by atoms with Crippen molar-refractivity contribution in [1.29, 1.82) is 0 Å². The first kappa shape index (κ1) is 67.2. The van der Waals surface area contributed by atoms with Crippen molar-refractivity contribution in [2.24, 2.45) is 0 Å². The first-order valence-corrected chi connectivity index (χ1v) is 41.1. The van der Waals surface area contributed by atoms with Gasteiger partial charge in [0.1, 0.15) is 0 Å². The van der Waals surface area contributed by atoms with Crippen LogP contribution in [0.3, 0.4) is 0 Å². The zero-order valence-corrected chi connectivity index (χ0v) is 65.0. The molecule has 0 spiro atoms. The van der Waals surface area contributed by atoms with E-state index in [9.17, 15) is 0 Å². The second-order valence-electron chi connectivity index (χ2n) is 31.6. The van der Waals surface area contributed by atoms with Crippen molar-refractivity contribution in [2.45, 2.75) is 0 Å². The third-order valence-electron chi connectivity index (χ3n) is 25.0. The average Bonchev–Trinajstić information content (AvgIpc) is 1.46. The Morgan fingerprint density at radius 1 is 0.125 bits per heavy atom. The molecule has 0 N–H and O–H groups in total. The molecule has 18 aromatic carbocycles. The summed E-state index contributed by atoms with van der Waals surface area (Å²) in [5.41, 5.74) is 31.5. The number of hydrogen-bond donors (Lipinski definition) is 0. The van der Waals surface area contributed by atoms with E-state index in [1.54, 1.807) is 0 Å². The first-order valence-electron chi connectivity index (χ1n) is 41.1. The van der Waals surface area contributed by atoms with Gasteiger partial charge in [0.2, 0.25) is 0 Å². The summed E-state index contributed by atoms with van der Waals surface area (Å²) in [5, 5.41) is 14.4. The van der Waals surface area contributed by atoms with Crippen LogP contribution in [0.5, 0.6) is 0 Å². The Morgan fingerprint density at radius 2 is 0.350 bits per heavy atom. The third-order valence-corrected chi connectivity index (χ3v) is 25.0. The van der Waals surface area contributed by atoms with E-state index in [-0.39, 0.29) is 0 Å². The maximum absolute atomic E-state index is 5.70. The van der Waals surface area contributed by atoms with E-state index in [0.29, 0.717) is 5.82 Å². The molecule has 120 heavy (non-hydrogen) atoms. The lowest BCUT2D eigenvalue weighted by molar-refractivity contribution is 1.13. The number of fused-ring (bicyclic) bond motifs is 18. The van der Waals surface area contributed by atoms with Crippen LogP contribution in [0.4, 0.5) is 0 Å². The Hall–Kier alpha value is -16.2. The van der Waals surface area contributed by atoms with Crippen molar-refractivity contribution in [3.63, 3.8) is 0 Å². The number of benzene rings is 18. The highest BCUT2D eigenvalue weighted by Gasteiger charge is 2.25. The van der Waals surface area contributed by atoms with Crippen molar-refractivity contribution in [3.8, 4) is 101 Å². The van der Waals surface area contributed by atoms with Gasteiger partial charge in [-0.2, -0.15) is 0 Å². The van der Waals surface area contributed by atoms with E-state index < -0.39 is 0 Å². The van der Waals surface area contributed by atoms with Crippen LogP contribution in [0.1, 0.15) is 0 Å². The largest absolute Gasteiger partial charge is 0.309 e. The molecule has 0 saturated carbocycles. The highest BCUT2D eigenvalue weighted by atomic mass is 15.0. The SMILES string of the molecule is c1ccc(-c2nc(-c3cccc(-n4c5ccccc5c5cc(-c6ccc7c(c6)c6ccccc6n7-c6ccccc6)ccc54)c3)cc(-c3cc(-n4c5ccccc5c5cc(-c6ccc7c(c6)c6ccccc6n7-c6ccccc6)ccc54)cc(-n4c5ccccc5c5cc(-c6ccc7c(c6)c6ccccc6n7-c6ccccc6)ccc54)c3)n2)cc1. The van der Waals surface area contributed by atoms with Gasteiger partial charge in [0.15, 0.2) is 5.82 Å². The van der Waals surface area contributed by atoms with Gasteiger partial charge in [0.25, 0.3) is 0 Å². The van der Waals surface area contributed by atoms with Gasteiger partial charge in [-0.3, -0.25) is 0 Å². The minimum Gasteiger partial charge on any atom is -0.309 e. The summed E-state index contributed by atoms with van der Waals surface area (Å²) in [6.45, 7) is 0. The third kappa shape index (κ3) is 10.5. The predicted octanol–water partition coefficient (Wildman–Crippen LogP) is 29.1. The zero-order valence-electron chi connectivity index (χ0n) is 65.0. The average molecular weight is 1530 g/mol. The van der Waals surface area contributed by atoms with Crippen molar-refractivity contribution < 1.29 is 0 Å². The molecule has 0 radical (unpaired) electrons. The molecule has 7 heterocycles. The standard InChI is InChI=1S/C112H70N8/c1-5-26-71(27-6-1)112-113-98(78-28-25-35-83(60-78)118-103-45-22-16-39-89(103)95-66-75(51-57-109(95)118)72-48-54-106-92(63-72)86-36-13-19-42-100(86)115(106)80-29-7-2-8-30-80)70-99(114-112)79-61-84(119-104-46-23-17-40-90(104)96-67-76(52-58-110(96)119)73-49-55-107-93(64-73)87-37-14-20-43-101(87)116(107)81-31-9-3-10-32-81)69-85(62-79)120-105-47-24-18-41-91(105)97-68-77(53-59-111(97)120)74-50-56-108-94(65-74)88-38-15-21-44-102(88)117(108)82-33-11-4-12-34-82/h1-70H. The van der Waals surface area contributed by atoms with Gasteiger partial charge in [-0.25, -0.2) is 9.97 Å².